The van der Waals surface area contributed by atoms with Gasteiger partial charge in [-0.05, 0) is 26.0 Å². The van der Waals surface area contributed by atoms with Gasteiger partial charge in [0.1, 0.15) is 10.4 Å². The molecule has 18 heavy (non-hydrogen) atoms. The first-order valence-corrected chi connectivity index (χ1v) is 6.39. The topological polar surface area (TPSA) is 52.1 Å². The number of carbonyl (C=O) groups is 1. The smallest absolute Gasteiger partial charge is 0.318 e. The van der Waals surface area contributed by atoms with Gasteiger partial charge in [0.2, 0.25) is 0 Å². The van der Waals surface area contributed by atoms with Gasteiger partial charge in [0.15, 0.2) is 0 Å². The second kappa shape index (κ2) is 4.86. The first-order chi connectivity index (χ1) is 8.55. The molecule has 0 spiro atoms. The number of methoxy groups -OCH3 is 1. The minimum Gasteiger partial charge on any atom is -0.468 e. The van der Waals surface area contributed by atoms with Crippen LogP contribution in [-0.2, 0) is 14.9 Å². The molecular formula is C13H14N2O2S. The van der Waals surface area contributed by atoms with Crippen LogP contribution in [0.15, 0.2) is 29.8 Å². The summed E-state index contributed by atoms with van der Waals surface area (Å²) in [5, 5.41) is 2.64. The Kier molecular flexibility index (Phi) is 3.43. The van der Waals surface area contributed by atoms with E-state index in [1.807, 2.05) is 23.6 Å². The Labute approximate surface area is 110 Å². The molecule has 0 atom stereocenters. The number of ether oxygens (including phenoxy) is 1. The van der Waals surface area contributed by atoms with Crippen molar-refractivity contribution >= 4 is 17.3 Å². The van der Waals surface area contributed by atoms with Crippen molar-refractivity contribution in [2.24, 2.45) is 0 Å². The number of thiazole rings is 1. The van der Waals surface area contributed by atoms with Crippen molar-refractivity contribution in [3.8, 4) is 11.4 Å². The lowest BCUT2D eigenvalue weighted by Gasteiger charge is -2.18. The second-order valence-corrected chi connectivity index (χ2v) is 5.23. The maximum absolute atomic E-state index is 11.7. The van der Waals surface area contributed by atoms with Crippen LogP contribution in [0.1, 0.15) is 18.9 Å². The van der Waals surface area contributed by atoms with Gasteiger partial charge in [-0.2, -0.15) is 0 Å². The molecule has 0 saturated heterocycles. The Hall–Kier alpha value is -1.75. The lowest BCUT2D eigenvalue weighted by molar-refractivity contribution is -0.146. The number of nitrogens with zero attached hydrogens (tertiary/aromatic N) is 2. The molecule has 0 aliphatic carbocycles. The highest BCUT2D eigenvalue weighted by molar-refractivity contribution is 7.10. The van der Waals surface area contributed by atoms with E-state index in [-0.39, 0.29) is 5.97 Å². The van der Waals surface area contributed by atoms with Gasteiger partial charge >= 0.3 is 5.97 Å². The fourth-order valence-electron chi connectivity index (χ4n) is 1.54. The van der Waals surface area contributed by atoms with Crippen molar-refractivity contribution in [1.82, 2.24) is 9.97 Å². The highest BCUT2D eigenvalue weighted by Gasteiger charge is 2.34. The molecule has 0 amide bonds. The van der Waals surface area contributed by atoms with Crippen molar-refractivity contribution in [2.45, 2.75) is 19.3 Å². The van der Waals surface area contributed by atoms with Crippen molar-refractivity contribution in [2.75, 3.05) is 7.11 Å². The van der Waals surface area contributed by atoms with Gasteiger partial charge in [-0.25, -0.2) is 4.98 Å². The van der Waals surface area contributed by atoms with E-state index in [1.165, 1.54) is 18.4 Å². The molecule has 2 rings (SSSR count). The predicted octanol–water partition coefficient (Wildman–Crippen LogP) is 2.66. The first-order valence-electron chi connectivity index (χ1n) is 5.51. The molecule has 0 saturated carbocycles. The van der Waals surface area contributed by atoms with Gasteiger partial charge in [0.25, 0.3) is 0 Å². The van der Waals surface area contributed by atoms with Crippen molar-refractivity contribution in [3.63, 3.8) is 0 Å². The summed E-state index contributed by atoms with van der Waals surface area (Å²) in [5.41, 5.74) is 0.861. The maximum atomic E-state index is 11.7. The summed E-state index contributed by atoms with van der Waals surface area (Å²) < 4.78 is 4.80. The van der Waals surface area contributed by atoms with Crippen LogP contribution >= 0.6 is 11.3 Å². The molecule has 0 fully saturated rings. The molecule has 5 heteroatoms. The first kappa shape index (κ1) is 12.7. The molecule has 2 heterocycles. The Balaban J connectivity index is 2.34. The lowest BCUT2D eigenvalue weighted by atomic mass is 9.95. The Morgan fingerprint density at radius 2 is 2.11 bits per heavy atom. The number of aromatic nitrogens is 2. The molecule has 0 aliphatic heterocycles. The van der Waals surface area contributed by atoms with E-state index in [1.54, 1.807) is 20.0 Å². The molecule has 94 valence electrons. The van der Waals surface area contributed by atoms with E-state index in [0.29, 0.717) is 0 Å². The van der Waals surface area contributed by atoms with Crippen LogP contribution in [0.2, 0.25) is 0 Å². The van der Waals surface area contributed by atoms with Crippen LogP contribution in [0.25, 0.3) is 11.4 Å². The van der Waals surface area contributed by atoms with Gasteiger partial charge in [0.05, 0.1) is 18.5 Å². The standard InChI is InChI=1S/C13H14N2O2S/c1-13(2,12(16)17-3)11-15-10(8-18-11)9-6-4-5-7-14-9/h4-8H,1-3H3. The third kappa shape index (κ3) is 2.26. The number of esters is 1. The quantitative estimate of drug-likeness (QED) is 0.798. The molecule has 0 N–H and O–H groups in total. The summed E-state index contributed by atoms with van der Waals surface area (Å²) in [6.07, 6.45) is 1.72. The summed E-state index contributed by atoms with van der Waals surface area (Å²) in [4.78, 5) is 20.4. The number of rotatable bonds is 3. The van der Waals surface area contributed by atoms with Crippen molar-refractivity contribution < 1.29 is 9.53 Å². The number of carbonyl (C=O) groups excluding carboxylic acids is 1. The molecule has 4 nitrogen and oxygen atoms in total. The zero-order valence-corrected chi connectivity index (χ0v) is 11.3. The molecule has 0 aromatic carbocycles. The summed E-state index contributed by atoms with van der Waals surface area (Å²) in [6.45, 7) is 3.61. The van der Waals surface area contributed by atoms with Crippen LogP contribution < -0.4 is 0 Å². The van der Waals surface area contributed by atoms with E-state index in [4.69, 9.17) is 4.74 Å². The molecule has 0 bridgehead atoms. The van der Waals surface area contributed by atoms with E-state index in [0.717, 1.165) is 16.4 Å². The monoisotopic (exact) mass is 262 g/mol. The van der Waals surface area contributed by atoms with Gasteiger partial charge in [0, 0.05) is 11.6 Å². The fourth-order valence-corrected chi connectivity index (χ4v) is 2.46. The third-order valence-corrected chi connectivity index (χ3v) is 3.83. The van der Waals surface area contributed by atoms with Gasteiger partial charge in [-0.3, -0.25) is 9.78 Å². The molecule has 0 radical (unpaired) electrons. The second-order valence-electron chi connectivity index (χ2n) is 4.37. The highest BCUT2D eigenvalue weighted by atomic mass is 32.1. The maximum Gasteiger partial charge on any atom is 0.318 e. The summed E-state index contributed by atoms with van der Waals surface area (Å²) in [5.74, 6) is -0.288. The molecule has 2 aromatic rings. The molecular weight excluding hydrogens is 248 g/mol. The minimum atomic E-state index is -0.730. The lowest BCUT2D eigenvalue weighted by Crippen LogP contribution is -2.30. The molecule has 0 aliphatic rings. The van der Waals surface area contributed by atoms with Gasteiger partial charge < -0.3 is 4.74 Å². The van der Waals surface area contributed by atoms with E-state index >= 15 is 0 Å². The third-order valence-electron chi connectivity index (χ3n) is 2.66. The fraction of sp³-hybridized carbons (Fsp3) is 0.308. The van der Waals surface area contributed by atoms with Crippen LogP contribution in [0.5, 0.6) is 0 Å². The Morgan fingerprint density at radius 3 is 2.72 bits per heavy atom. The van der Waals surface area contributed by atoms with Crippen molar-refractivity contribution in [3.05, 3.63) is 34.8 Å². The average molecular weight is 262 g/mol. The average Bonchev–Trinajstić information content (AvgIpc) is 2.89. The van der Waals surface area contributed by atoms with Crippen molar-refractivity contribution in [1.29, 1.82) is 0 Å². The van der Waals surface area contributed by atoms with Gasteiger partial charge in [-0.1, -0.05) is 6.07 Å². The molecule has 2 aromatic heterocycles. The summed E-state index contributed by atoms with van der Waals surface area (Å²) in [7, 11) is 1.39. The van der Waals surface area contributed by atoms with Gasteiger partial charge in [-0.15, -0.1) is 11.3 Å². The summed E-state index contributed by atoms with van der Waals surface area (Å²) >= 11 is 1.44. The zero-order chi connectivity index (χ0) is 13.2. The predicted molar refractivity (Wildman–Crippen MR) is 70.4 cm³/mol. The van der Waals surface area contributed by atoms with Crippen LogP contribution in [0.4, 0.5) is 0 Å². The van der Waals surface area contributed by atoms with E-state index in [9.17, 15) is 4.79 Å². The minimum absolute atomic E-state index is 0.288. The summed E-state index contributed by atoms with van der Waals surface area (Å²) in [6, 6.07) is 5.66. The van der Waals surface area contributed by atoms with Crippen LogP contribution in [0, 0.1) is 0 Å². The zero-order valence-electron chi connectivity index (χ0n) is 10.5. The van der Waals surface area contributed by atoms with E-state index < -0.39 is 5.41 Å². The van der Waals surface area contributed by atoms with Crippen LogP contribution in [-0.4, -0.2) is 23.0 Å². The normalized spacial score (nSPS) is 11.3. The SMILES string of the molecule is COC(=O)C(C)(C)c1nc(-c2ccccn2)cs1. The largest absolute Gasteiger partial charge is 0.468 e. The van der Waals surface area contributed by atoms with E-state index in [2.05, 4.69) is 9.97 Å². The molecule has 0 unspecified atom stereocenters. The Bertz CT molecular complexity index is 549. The Morgan fingerprint density at radius 1 is 1.33 bits per heavy atom. The number of pyridine rings is 1. The number of hydrogen-bond acceptors (Lipinski definition) is 5. The number of hydrogen-bond donors (Lipinski definition) is 0. The van der Waals surface area contributed by atoms with Crippen LogP contribution in [0.3, 0.4) is 0 Å². The highest BCUT2D eigenvalue weighted by Crippen LogP contribution is 2.30.